The molecule has 1 heterocycles. The van der Waals surface area contributed by atoms with Crippen LogP contribution in [0, 0.1) is 11.8 Å². The van der Waals surface area contributed by atoms with Crippen molar-refractivity contribution in [3.63, 3.8) is 0 Å². The Bertz CT molecular complexity index is 316. The van der Waals surface area contributed by atoms with E-state index < -0.39 is 0 Å². The predicted molar refractivity (Wildman–Crippen MR) is 48.9 cm³/mol. The molecule has 0 aliphatic rings. The van der Waals surface area contributed by atoms with Crippen LogP contribution in [0.1, 0.15) is 12.7 Å². The summed E-state index contributed by atoms with van der Waals surface area (Å²) in [6.45, 7) is 2.19. The molecule has 0 saturated carbocycles. The van der Waals surface area contributed by atoms with Gasteiger partial charge in [-0.05, 0) is 25.0 Å². The lowest BCUT2D eigenvalue weighted by Gasteiger charge is -1.97. The van der Waals surface area contributed by atoms with Crippen LogP contribution in [0.3, 0.4) is 0 Å². The molecule has 13 heavy (non-hydrogen) atoms. The Hall–Kier alpha value is -1.69. The SMILES string of the molecule is CC#CC(=O)NCCc1ccco1. The quantitative estimate of drug-likeness (QED) is 0.699. The third-order valence-electron chi connectivity index (χ3n) is 1.48. The number of hydrogen-bond acceptors (Lipinski definition) is 2. The molecule has 68 valence electrons. The molecule has 1 amide bonds. The molecule has 3 heteroatoms. The number of hydrogen-bond donors (Lipinski definition) is 1. The summed E-state index contributed by atoms with van der Waals surface area (Å²) in [6, 6.07) is 3.70. The van der Waals surface area contributed by atoms with Crippen LogP contribution in [-0.4, -0.2) is 12.5 Å². The molecule has 0 fully saturated rings. The lowest BCUT2D eigenvalue weighted by molar-refractivity contribution is -0.115. The van der Waals surface area contributed by atoms with Crippen molar-refractivity contribution in [1.29, 1.82) is 0 Å². The summed E-state index contributed by atoms with van der Waals surface area (Å²) in [5.41, 5.74) is 0. The maximum atomic E-state index is 10.9. The number of nitrogens with one attached hydrogen (secondary N) is 1. The number of amides is 1. The van der Waals surface area contributed by atoms with Crippen molar-refractivity contribution in [2.75, 3.05) is 6.54 Å². The van der Waals surface area contributed by atoms with E-state index >= 15 is 0 Å². The van der Waals surface area contributed by atoms with Crippen molar-refractivity contribution in [2.24, 2.45) is 0 Å². The summed E-state index contributed by atoms with van der Waals surface area (Å²) in [7, 11) is 0. The Morgan fingerprint density at radius 1 is 1.69 bits per heavy atom. The van der Waals surface area contributed by atoms with Gasteiger partial charge in [-0.2, -0.15) is 0 Å². The topological polar surface area (TPSA) is 42.2 Å². The number of carbonyl (C=O) groups is 1. The highest BCUT2D eigenvalue weighted by atomic mass is 16.3. The summed E-state index contributed by atoms with van der Waals surface area (Å²) >= 11 is 0. The summed E-state index contributed by atoms with van der Waals surface area (Å²) in [5.74, 6) is 5.54. The van der Waals surface area contributed by atoms with Crippen LogP contribution >= 0.6 is 0 Å². The molecule has 0 saturated heterocycles. The highest BCUT2D eigenvalue weighted by Gasteiger charge is 1.97. The average molecular weight is 177 g/mol. The van der Waals surface area contributed by atoms with E-state index in [0.29, 0.717) is 13.0 Å². The van der Waals surface area contributed by atoms with Crippen LogP contribution in [-0.2, 0) is 11.2 Å². The van der Waals surface area contributed by atoms with Gasteiger partial charge in [-0.25, -0.2) is 0 Å². The lowest BCUT2D eigenvalue weighted by atomic mass is 10.3. The van der Waals surface area contributed by atoms with Crippen LogP contribution in [0.5, 0.6) is 0 Å². The first-order valence-electron chi connectivity index (χ1n) is 4.06. The summed E-state index contributed by atoms with van der Waals surface area (Å²) < 4.78 is 5.09. The average Bonchev–Trinajstić information content (AvgIpc) is 2.57. The Balaban J connectivity index is 2.20. The summed E-state index contributed by atoms with van der Waals surface area (Å²) in [6.07, 6.45) is 2.31. The van der Waals surface area contributed by atoms with E-state index in [1.165, 1.54) is 0 Å². The Morgan fingerprint density at radius 3 is 3.15 bits per heavy atom. The lowest BCUT2D eigenvalue weighted by Crippen LogP contribution is -2.23. The van der Waals surface area contributed by atoms with Crippen LogP contribution in [0.25, 0.3) is 0 Å². The summed E-state index contributed by atoms with van der Waals surface area (Å²) in [4.78, 5) is 10.9. The van der Waals surface area contributed by atoms with Gasteiger partial charge in [-0.3, -0.25) is 4.79 Å². The van der Waals surface area contributed by atoms with E-state index in [1.54, 1.807) is 13.2 Å². The largest absolute Gasteiger partial charge is 0.469 e. The molecule has 3 nitrogen and oxygen atoms in total. The normalized spacial score (nSPS) is 8.69. The molecule has 1 aromatic heterocycles. The second kappa shape index (κ2) is 5.04. The molecule has 0 aliphatic heterocycles. The minimum absolute atomic E-state index is 0.242. The fraction of sp³-hybridized carbons (Fsp3) is 0.300. The maximum Gasteiger partial charge on any atom is 0.295 e. The smallest absolute Gasteiger partial charge is 0.295 e. The van der Waals surface area contributed by atoms with Crippen LogP contribution < -0.4 is 5.32 Å². The van der Waals surface area contributed by atoms with E-state index in [0.717, 1.165) is 5.76 Å². The molecule has 0 atom stereocenters. The van der Waals surface area contributed by atoms with Crippen molar-refractivity contribution >= 4 is 5.91 Å². The van der Waals surface area contributed by atoms with Gasteiger partial charge in [0.15, 0.2) is 0 Å². The molecule has 0 unspecified atom stereocenters. The third-order valence-corrected chi connectivity index (χ3v) is 1.48. The second-order valence-electron chi connectivity index (χ2n) is 2.46. The van der Waals surface area contributed by atoms with E-state index in [4.69, 9.17) is 4.42 Å². The Kier molecular flexibility index (Phi) is 3.65. The highest BCUT2D eigenvalue weighted by molar-refractivity contribution is 5.93. The zero-order valence-electron chi connectivity index (χ0n) is 7.46. The third kappa shape index (κ3) is 3.48. The molecule has 1 N–H and O–H groups in total. The second-order valence-corrected chi connectivity index (χ2v) is 2.46. The number of furan rings is 1. The van der Waals surface area contributed by atoms with Gasteiger partial charge in [0, 0.05) is 13.0 Å². The zero-order chi connectivity index (χ0) is 9.52. The first-order valence-corrected chi connectivity index (χ1v) is 4.06. The van der Waals surface area contributed by atoms with Crippen LogP contribution in [0.4, 0.5) is 0 Å². The first kappa shape index (κ1) is 9.40. The van der Waals surface area contributed by atoms with E-state index in [9.17, 15) is 4.79 Å². The van der Waals surface area contributed by atoms with Crippen molar-refractivity contribution in [2.45, 2.75) is 13.3 Å². The van der Waals surface area contributed by atoms with Crippen molar-refractivity contribution in [1.82, 2.24) is 5.32 Å². The van der Waals surface area contributed by atoms with Gasteiger partial charge in [0.05, 0.1) is 6.26 Å². The standard InChI is InChI=1S/C10H11NO2/c1-2-4-10(12)11-7-6-9-5-3-8-13-9/h3,5,8H,6-7H2,1H3,(H,11,12). The molecule has 0 aromatic carbocycles. The van der Waals surface area contributed by atoms with Crippen molar-refractivity contribution < 1.29 is 9.21 Å². The highest BCUT2D eigenvalue weighted by Crippen LogP contribution is 1.99. The molecule has 0 spiro atoms. The Morgan fingerprint density at radius 2 is 2.54 bits per heavy atom. The monoisotopic (exact) mass is 177 g/mol. The van der Waals surface area contributed by atoms with Gasteiger partial charge >= 0.3 is 0 Å². The number of carbonyl (C=O) groups excluding carboxylic acids is 1. The minimum Gasteiger partial charge on any atom is -0.469 e. The zero-order valence-corrected chi connectivity index (χ0v) is 7.46. The summed E-state index contributed by atoms with van der Waals surface area (Å²) in [5, 5.41) is 2.65. The maximum absolute atomic E-state index is 10.9. The van der Waals surface area contributed by atoms with Crippen LogP contribution in [0.15, 0.2) is 22.8 Å². The van der Waals surface area contributed by atoms with E-state index in [1.807, 2.05) is 12.1 Å². The van der Waals surface area contributed by atoms with Gasteiger partial charge in [0.25, 0.3) is 5.91 Å². The van der Waals surface area contributed by atoms with Crippen LogP contribution in [0.2, 0.25) is 0 Å². The fourth-order valence-corrected chi connectivity index (χ4v) is 0.912. The molecule has 0 bridgehead atoms. The van der Waals surface area contributed by atoms with Gasteiger partial charge in [0.1, 0.15) is 5.76 Å². The predicted octanol–water partition coefficient (Wildman–Crippen LogP) is 0.962. The van der Waals surface area contributed by atoms with Gasteiger partial charge in [-0.1, -0.05) is 5.92 Å². The van der Waals surface area contributed by atoms with Gasteiger partial charge in [-0.15, -0.1) is 0 Å². The molecular weight excluding hydrogens is 166 g/mol. The molecule has 1 rings (SSSR count). The minimum atomic E-state index is -0.242. The molecular formula is C10H11NO2. The van der Waals surface area contributed by atoms with Gasteiger partial charge < -0.3 is 9.73 Å². The Labute approximate surface area is 77.1 Å². The first-order chi connectivity index (χ1) is 6.33. The molecule has 0 radical (unpaired) electrons. The van der Waals surface area contributed by atoms with E-state index in [-0.39, 0.29) is 5.91 Å². The van der Waals surface area contributed by atoms with Gasteiger partial charge in [0.2, 0.25) is 0 Å². The van der Waals surface area contributed by atoms with Crippen molar-refractivity contribution in [3.8, 4) is 11.8 Å². The molecule has 0 aliphatic carbocycles. The number of rotatable bonds is 3. The van der Waals surface area contributed by atoms with Crippen molar-refractivity contribution in [3.05, 3.63) is 24.2 Å². The van der Waals surface area contributed by atoms with E-state index in [2.05, 4.69) is 17.2 Å². The fourth-order valence-electron chi connectivity index (χ4n) is 0.912. The molecule has 1 aromatic rings.